The van der Waals surface area contributed by atoms with Crippen molar-refractivity contribution in [1.82, 2.24) is 0 Å². The van der Waals surface area contributed by atoms with Gasteiger partial charge in [-0.25, -0.2) is 0 Å². The Morgan fingerprint density at radius 2 is 1.84 bits per heavy atom. The zero-order valence-corrected chi connectivity index (χ0v) is 20.3. The summed E-state index contributed by atoms with van der Waals surface area (Å²) in [7, 11) is 0. The minimum Gasteiger partial charge on any atom is -0.393 e. The summed E-state index contributed by atoms with van der Waals surface area (Å²) in [6.45, 7) is 14.7. The van der Waals surface area contributed by atoms with E-state index in [-0.39, 0.29) is 5.92 Å². The van der Waals surface area contributed by atoms with Gasteiger partial charge in [-0.3, -0.25) is 0 Å². The van der Waals surface area contributed by atoms with E-state index < -0.39 is 17.8 Å². The molecule has 0 saturated heterocycles. The predicted octanol–water partition coefficient (Wildman–Crippen LogP) is 5.73. The fourth-order valence-corrected chi connectivity index (χ4v) is 6.32. The Labute approximate surface area is 189 Å². The third kappa shape index (κ3) is 5.26. The summed E-state index contributed by atoms with van der Waals surface area (Å²) in [4.78, 5) is 0. The van der Waals surface area contributed by atoms with E-state index in [0.717, 1.165) is 17.6 Å². The molecule has 0 unspecified atom stereocenters. The third-order valence-electron chi connectivity index (χ3n) is 8.75. The smallest absolute Gasteiger partial charge is 0.0811 e. The van der Waals surface area contributed by atoms with Crippen LogP contribution >= 0.6 is 0 Å². The van der Waals surface area contributed by atoms with Crippen molar-refractivity contribution in [2.24, 2.45) is 29.1 Å². The van der Waals surface area contributed by atoms with Gasteiger partial charge in [0.1, 0.15) is 0 Å². The molecule has 3 aliphatic carbocycles. The maximum atomic E-state index is 10.3. The van der Waals surface area contributed by atoms with Crippen LogP contribution in [0.25, 0.3) is 0 Å². The summed E-state index contributed by atoms with van der Waals surface area (Å²) >= 11 is 0. The molecule has 3 saturated carbocycles. The lowest BCUT2D eigenvalue weighted by atomic mass is 9.61. The van der Waals surface area contributed by atoms with E-state index >= 15 is 0 Å². The van der Waals surface area contributed by atoms with Crippen molar-refractivity contribution in [2.75, 3.05) is 0 Å². The van der Waals surface area contributed by atoms with Gasteiger partial charge in [0.25, 0.3) is 0 Å². The summed E-state index contributed by atoms with van der Waals surface area (Å²) < 4.78 is 0. The van der Waals surface area contributed by atoms with Gasteiger partial charge in [-0.15, -0.1) is 0 Å². The largest absolute Gasteiger partial charge is 0.393 e. The van der Waals surface area contributed by atoms with Gasteiger partial charge in [0.2, 0.25) is 0 Å². The topological polar surface area (TPSA) is 60.7 Å². The summed E-state index contributed by atoms with van der Waals surface area (Å²) in [6, 6.07) is 0. The molecular formula is C28H44O3. The van der Waals surface area contributed by atoms with Crippen LogP contribution in [0.1, 0.15) is 79.6 Å². The average Bonchev–Trinajstić information content (AvgIpc) is 3.04. The second-order valence-electron chi connectivity index (χ2n) is 11.4. The van der Waals surface area contributed by atoms with Gasteiger partial charge in [-0.1, -0.05) is 57.2 Å². The summed E-state index contributed by atoms with van der Waals surface area (Å²) in [5.41, 5.74) is 2.93. The zero-order valence-electron chi connectivity index (χ0n) is 20.3. The van der Waals surface area contributed by atoms with Gasteiger partial charge in [-0.05, 0) is 86.7 Å². The highest BCUT2D eigenvalue weighted by molar-refractivity contribution is 5.38. The lowest BCUT2D eigenvalue weighted by Gasteiger charge is -2.44. The third-order valence-corrected chi connectivity index (χ3v) is 8.75. The Balaban J connectivity index is 1.76. The molecule has 3 nitrogen and oxygen atoms in total. The number of rotatable bonds is 5. The first-order valence-electron chi connectivity index (χ1n) is 12.3. The van der Waals surface area contributed by atoms with Gasteiger partial charge in [0, 0.05) is 12.3 Å². The predicted molar refractivity (Wildman–Crippen MR) is 128 cm³/mol. The molecule has 0 aliphatic heterocycles. The highest BCUT2D eigenvalue weighted by atomic mass is 16.3. The maximum absolute atomic E-state index is 10.3. The zero-order chi connectivity index (χ0) is 23.0. The number of allylic oxidation sites excluding steroid dienone is 4. The lowest BCUT2D eigenvalue weighted by Crippen LogP contribution is -2.35. The second-order valence-corrected chi connectivity index (χ2v) is 11.4. The molecule has 3 rings (SSSR count). The molecule has 31 heavy (non-hydrogen) atoms. The van der Waals surface area contributed by atoms with E-state index in [9.17, 15) is 15.3 Å². The molecule has 174 valence electrons. The van der Waals surface area contributed by atoms with Crippen molar-refractivity contribution in [3.8, 4) is 0 Å². The first-order chi connectivity index (χ1) is 14.4. The number of aliphatic hydroxyl groups is 3. The minimum atomic E-state index is -0.684. The van der Waals surface area contributed by atoms with Crippen LogP contribution in [0.15, 0.2) is 47.6 Å². The number of hydrogen-bond acceptors (Lipinski definition) is 3. The minimum absolute atomic E-state index is 0.141. The monoisotopic (exact) mass is 428 g/mol. The van der Waals surface area contributed by atoms with E-state index in [4.69, 9.17) is 0 Å². The van der Waals surface area contributed by atoms with Crippen LogP contribution in [0, 0.1) is 29.1 Å². The molecule has 0 bridgehead atoms. The second kappa shape index (κ2) is 9.37. The molecular weight excluding hydrogens is 384 g/mol. The van der Waals surface area contributed by atoms with Crippen LogP contribution < -0.4 is 0 Å². The molecule has 3 fully saturated rings. The molecule has 0 amide bonds. The van der Waals surface area contributed by atoms with Crippen molar-refractivity contribution in [1.29, 1.82) is 0 Å². The quantitative estimate of drug-likeness (QED) is 0.490. The van der Waals surface area contributed by atoms with Gasteiger partial charge in [0.05, 0.1) is 17.8 Å². The van der Waals surface area contributed by atoms with Crippen molar-refractivity contribution < 1.29 is 15.3 Å². The van der Waals surface area contributed by atoms with Crippen LogP contribution in [0.4, 0.5) is 0 Å². The Hall–Kier alpha value is -1.16. The lowest BCUT2D eigenvalue weighted by molar-refractivity contribution is 0.0436. The molecule has 0 radical (unpaired) electrons. The van der Waals surface area contributed by atoms with Crippen molar-refractivity contribution in [3.05, 3.63) is 47.6 Å². The number of hydrogen-bond donors (Lipinski definition) is 3. The van der Waals surface area contributed by atoms with Crippen LogP contribution in [-0.2, 0) is 0 Å². The average molecular weight is 429 g/mol. The Morgan fingerprint density at radius 3 is 2.52 bits per heavy atom. The van der Waals surface area contributed by atoms with Crippen LogP contribution in [0.5, 0.6) is 0 Å². The Kier molecular flexibility index (Phi) is 7.40. The van der Waals surface area contributed by atoms with Gasteiger partial charge in [0.15, 0.2) is 0 Å². The highest BCUT2D eigenvalue weighted by Gasteiger charge is 2.50. The van der Waals surface area contributed by atoms with Gasteiger partial charge >= 0.3 is 0 Å². The molecule has 3 aliphatic rings. The van der Waals surface area contributed by atoms with Crippen molar-refractivity contribution in [2.45, 2.75) is 97.4 Å². The van der Waals surface area contributed by atoms with E-state index in [1.165, 1.54) is 31.3 Å². The summed E-state index contributed by atoms with van der Waals surface area (Å²) in [6.07, 6.45) is 15.0. The standard InChI is InChI=1S/C28H44O3/c1-18(9-10-19(2)27(4,5)31)24-13-14-25-21(8-7-15-28(24,25)6)11-12-22-16-23(29)17-26(30)20(22)3/h9-12,18-19,23-26,29-31H,3,7-8,13-17H2,1-2,4-6H3/b10-9+,21-11+,22-12-/t18-,19-,23-,24+,25-,26+,28+/m0/s1. The molecule has 0 aromatic heterocycles. The van der Waals surface area contributed by atoms with Crippen LogP contribution in [0.2, 0.25) is 0 Å². The fourth-order valence-electron chi connectivity index (χ4n) is 6.32. The molecule has 0 spiro atoms. The molecule has 0 aromatic carbocycles. The summed E-state index contributed by atoms with van der Waals surface area (Å²) in [5.74, 6) is 1.91. The van der Waals surface area contributed by atoms with Crippen molar-refractivity contribution >= 4 is 0 Å². The van der Waals surface area contributed by atoms with E-state index in [0.29, 0.717) is 36.0 Å². The highest BCUT2D eigenvalue weighted by Crippen LogP contribution is 2.59. The van der Waals surface area contributed by atoms with Crippen LogP contribution in [-0.4, -0.2) is 33.1 Å². The number of fused-ring (bicyclic) bond motifs is 1. The first-order valence-corrected chi connectivity index (χ1v) is 12.3. The molecule has 3 heteroatoms. The fraction of sp³-hybridized carbons (Fsp3) is 0.714. The normalized spacial score (nSPS) is 39.3. The van der Waals surface area contributed by atoms with Gasteiger partial charge < -0.3 is 15.3 Å². The number of aliphatic hydroxyl groups excluding tert-OH is 2. The molecule has 3 N–H and O–H groups in total. The Bertz CT molecular complexity index is 753. The summed E-state index contributed by atoms with van der Waals surface area (Å²) in [5, 5.41) is 30.4. The van der Waals surface area contributed by atoms with Crippen molar-refractivity contribution in [3.63, 3.8) is 0 Å². The molecule has 7 atom stereocenters. The molecule has 0 aromatic rings. The van der Waals surface area contributed by atoms with E-state index in [2.05, 4.69) is 51.7 Å². The molecule has 0 heterocycles. The maximum Gasteiger partial charge on any atom is 0.0811 e. The van der Waals surface area contributed by atoms with E-state index in [1.807, 2.05) is 13.8 Å². The van der Waals surface area contributed by atoms with Gasteiger partial charge in [-0.2, -0.15) is 0 Å². The Morgan fingerprint density at radius 1 is 1.13 bits per heavy atom. The first kappa shape index (κ1) is 24.5. The SMILES string of the molecule is C=C1/C(=C\C=C2/CCC[C@]3(C)[C@@H]([C@@H](C)/C=C/[C@H](C)C(C)(C)O)CC[C@@H]23)C[C@H](O)C[C@H]1O. The van der Waals surface area contributed by atoms with E-state index in [1.54, 1.807) is 0 Å². The van der Waals surface area contributed by atoms with Crippen LogP contribution in [0.3, 0.4) is 0 Å².